The van der Waals surface area contributed by atoms with E-state index in [-0.39, 0.29) is 30.9 Å². The molecule has 2 N–H and O–H groups in total. The van der Waals surface area contributed by atoms with Crippen molar-refractivity contribution in [1.29, 1.82) is 0 Å². The first-order chi connectivity index (χ1) is 18.8. The SMILES string of the molecule is CC(O)C(=O)N1CCN(Cc2c(-c3cccs3)nc3ccccc3c2C(=O)NC(C)C2CCCCC2)C(=O)C1. The van der Waals surface area contributed by atoms with Crippen LogP contribution in [0.5, 0.6) is 0 Å². The summed E-state index contributed by atoms with van der Waals surface area (Å²) >= 11 is 1.55. The summed E-state index contributed by atoms with van der Waals surface area (Å²) in [5, 5.41) is 15.7. The number of hydrogen-bond acceptors (Lipinski definition) is 6. The molecule has 2 fully saturated rings. The second kappa shape index (κ2) is 11.8. The van der Waals surface area contributed by atoms with Crippen LogP contribution in [0, 0.1) is 5.92 Å². The van der Waals surface area contributed by atoms with Gasteiger partial charge in [0.05, 0.1) is 28.2 Å². The van der Waals surface area contributed by atoms with Crippen molar-refractivity contribution in [2.75, 3.05) is 19.6 Å². The van der Waals surface area contributed by atoms with Gasteiger partial charge in [-0.25, -0.2) is 4.98 Å². The molecule has 9 heteroatoms. The highest BCUT2D eigenvalue weighted by atomic mass is 32.1. The Kier molecular flexibility index (Phi) is 8.28. The molecule has 1 aromatic carbocycles. The number of nitrogens with zero attached hydrogens (tertiary/aromatic N) is 3. The largest absolute Gasteiger partial charge is 0.384 e. The first-order valence-corrected chi connectivity index (χ1v) is 14.7. The number of aromatic nitrogens is 1. The summed E-state index contributed by atoms with van der Waals surface area (Å²) in [6, 6.07) is 11.6. The Balaban J connectivity index is 1.53. The van der Waals surface area contributed by atoms with Gasteiger partial charge in [0.15, 0.2) is 0 Å². The van der Waals surface area contributed by atoms with Crippen LogP contribution in [0.2, 0.25) is 0 Å². The number of carbonyl (C=O) groups is 3. The standard InChI is InChI=1S/C30H36N4O4S/c1-19(21-9-4-3-5-10-21)31-29(37)27-22-11-6-7-12-24(22)32-28(25-13-8-16-39-25)23(27)17-33-14-15-34(18-26(33)36)30(38)20(2)35/h6-8,11-13,16,19-21,35H,3-5,9-10,14-15,17-18H2,1-2H3,(H,31,37). The molecule has 0 spiro atoms. The third kappa shape index (κ3) is 5.84. The normalized spacial score (nSPS) is 18.3. The van der Waals surface area contributed by atoms with Crippen LogP contribution in [0.1, 0.15) is 61.9 Å². The summed E-state index contributed by atoms with van der Waals surface area (Å²) in [5.41, 5.74) is 2.71. The average molecular weight is 549 g/mol. The highest BCUT2D eigenvalue weighted by Gasteiger charge is 2.32. The monoisotopic (exact) mass is 548 g/mol. The minimum Gasteiger partial charge on any atom is -0.384 e. The van der Waals surface area contributed by atoms with E-state index in [1.807, 2.05) is 41.8 Å². The summed E-state index contributed by atoms with van der Waals surface area (Å²) in [6.07, 6.45) is 4.74. The molecule has 2 aromatic heterocycles. The predicted molar refractivity (Wildman–Crippen MR) is 152 cm³/mol. The molecule has 1 saturated carbocycles. The number of nitrogens with one attached hydrogen (secondary N) is 1. The maximum atomic E-state index is 14.1. The van der Waals surface area contributed by atoms with Gasteiger partial charge in [-0.2, -0.15) is 0 Å². The van der Waals surface area contributed by atoms with Crippen molar-refractivity contribution in [1.82, 2.24) is 20.1 Å². The van der Waals surface area contributed by atoms with Crippen LogP contribution in [0.3, 0.4) is 0 Å². The fourth-order valence-corrected chi connectivity index (χ4v) is 6.57. The Labute approximate surface area is 233 Å². The average Bonchev–Trinajstić information content (AvgIpc) is 3.48. The van der Waals surface area contributed by atoms with Crippen molar-refractivity contribution >= 4 is 40.0 Å². The molecule has 3 heterocycles. The molecule has 3 aromatic rings. The maximum absolute atomic E-state index is 14.1. The molecule has 39 heavy (non-hydrogen) atoms. The van der Waals surface area contributed by atoms with Gasteiger partial charge in [0.2, 0.25) is 5.91 Å². The van der Waals surface area contributed by atoms with E-state index < -0.39 is 12.0 Å². The number of thiophene rings is 1. The van der Waals surface area contributed by atoms with Crippen molar-refractivity contribution in [3.8, 4) is 10.6 Å². The zero-order valence-corrected chi connectivity index (χ0v) is 23.4. The minimum absolute atomic E-state index is 0.0411. The van der Waals surface area contributed by atoms with Crippen LogP contribution in [0.25, 0.3) is 21.5 Å². The number of rotatable bonds is 7. The van der Waals surface area contributed by atoms with E-state index in [0.717, 1.165) is 28.6 Å². The van der Waals surface area contributed by atoms with Crippen molar-refractivity contribution in [2.24, 2.45) is 5.92 Å². The van der Waals surface area contributed by atoms with Crippen LogP contribution in [-0.2, 0) is 16.1 Å². The molecule has 3 amide bonds. The van der Waals surface area contributed by atoms with Gasteiger partial charge in [0, 0.05) is 36.6 Å². The number of fused-ring (bicyclic) bond motifs is 1. The lowest BCUT2D eigenvalue weighted by Gasteiger charge is -2.35. The molecule has 1 saturated heterocycles. The van der Waals surface area contributed by atoms with Crippen molar-refractivity contribution < 1.29 is 19.5 Å². The summed E-state index contributed by atoms with van der Waals surface area (Å²) in [7, 11) is 0. The van der Waals surface area contributed by atoms with Gasteiger partial charge in [-0.3, -0.25) is 14.4 Å². The van der Waals surface area contributed by atoms with Crippen molar-refractivity contribution in [2.45, 2.75) is 64.6 Å². The van der Waals surface area contributed by atoms with Crippen molar-refractivity contribution in [3.63, 3.8) is 0 Å². The summed E-state index contributed by atoms with van der Waals surface area (Å²) in [4.78, 5) is 48.5. The van der Waals surface area contributed by atoms with Crippen molar-refractivity contribution in [3.05, 3.63) is 52.9 Å². The number of benzene rings is 1. The summed E-state index contributed by atoms with van der Waals surface area (Å²) in [6.45, 7) is 4.25. The topological polar surface area (TPSA) is 103 Å². The van der Waals surface area contributed by atoms with E-state index in [0.29, 0.717) is 35.8 Å². The smallest absolute Gasteiger partial charge is 0.252 e. The third-order valence-electron chi connectivity index (χ3n) is 8.03. The highest BCUT2D eigenvalue weighted by Crippen LogP contribution is 2.34. The molecule has 1 aliphatic heterocycles. The highest BCUT2D eigenvalue weighted by molar-refractivity contribution is 7.13. The minimum atomic E-state index is -1.15. The number of pyridine rings is 1. The van der Waals surface area contributed by atoms with Gasteiger partial charge in [-0.05, 0) is 50.1 Å². The van der Waals surface area contributed by atoms with E-state index in [2.05, 4.69) is 12.2 Å². The summed E-state index contributed by atoms with van der Waals surface area (Å²) < 4.78 is 0. The number of aliphatic hydroxyl groups is 1. The van der Waals surface area contributed by atoms with E-state index >= 15 is 0 Å². The second-order valence-electron chi connectivity index (χ2n) is 10.7. The molecule has 206 valence electrons. The van der Waals surface area contributed by atoms with Gasteiger partial charge in [-0.15, -0.1) is 11.3 Å². The first kappa shape index (κ1) is 27.3. The molecule has 0 bridgehead atoms. The molecule has 2 unspecified atom stereocenters. The lowest BCUT2D eigenvalue weighted by molar-refractivity contribution is -0.150. The van der Waals surface area contributed by atoms with Gasteiger partial charge in [0.25, 0.3) is 11.8 Å². The Bertz CT molecular complexity index is 1350. The maximum Gasteiger partial charge on any atom is 0.252 e. The number of carbonyl (C=O) groups excluding carboxylic acids is 3. The Morgan fingerprint density at radius 3 is 2.56 bits per heavy atom. The number of aliphatic hydroxyl groups excluding tert-OH is 1. The molecule has 0 radical (unpaired) electrons. The van der Waals surface area contributed by atoms with Crippen LogP contribution in [0.4, 0.5) is 0 Å². The zero-order chi connectivity index (χ0) is 27.5. The number of para-hydroxylation sites is 1. The fraction of sp³-hybridized carbons (Fsp3) is 0.467. The number of amides is 3. The van der Waals surface area contributed by atoms with Gasteiger partial charge >= 0.3 is 0 Å². The third-order valence-corrected chi connectivity index (χ3v) is 8.90. The van der Waals surface area contributed by atoms with E-state index in [1.165, 1.54) is 31.1 Å². The van der Waals surface area contributed by atoms with Crippen LogP contribution in [0.15, 0.2) is 41.8 Å². The molecule has 2 atom stereocenters. The van der Waals surface area contributed by atoms with Crippen LogP contribution < -0.4 is 5.32 Å². The molecule has 5 rings (SSSR count). The quantitative estimate of drug-likeness (QED) is 0.460. The van der Waals surface area contributed by atoms with Crippen LogP contribution >= 0.6 is 11.3 Å². The lowest BCUT2D eigenvalue weighted by Crippen LogP contribution is -2.53. The summed E-state index contributed by atoms with van der Waals surface area (Å²) in [5.74, 6) is -0.360. The molecular formula is C30H36N4O4S. The van der Waals surface area contributed by atoms with E-state index in [4.69, 9.17) is 4.98 Å². The molecule has 8 nitrogen and oxygen atoms in total. The number of piperazine rings is 1. The Morgan fingerprint density at radius 2 is 1.87 bits per heavy atom. The van der Waals surface area contributed by atoms with E-state index in [9.17, 15) is 19.5 Å². The molecule has 1 aliphatic carbocycles. The Hall–Kier alpha value is -3.30. The van der Waals surface area contributed by atoms with Gasteiger partial charge < -0.3 is 20.2 Å². The van der Waals surface area contributed by atoms with E-state index in [1.54, 1.807) is 16.2 Å². The van der Waals surface area contributed by atoms with Gasteiger partial charge in [0.1, 0.15) is 6.10 Å². The molecular weight excluding hydrogens is 512 g/mol. The Morgan fingerprint density at radius 1 is 1.10 bits per heavy atom. The fourth-order valence-electron chi connectivity index (χ4n) is 5.83. The number of hydrogen-bond donors (Lipinski definition) is 2. The van der Waals surface area contributed by atoms with Gasteiger partial charge in [-0.1, -0.05) is 43.5 Å². The zero-order valence-electron chi connectivity index (χ0n) is 22.6. The van der Waals surface area contributed by atoms with Crippen LogP contribution in [-0.4, -0.2) is 69.4 Å². The molecule has 2 aliphatic rings. The second-order valence-corrected chi connectivity index (χ2v) is 11.7. The first-order valence-electron chi connectivity index (χ1n) is 13.8. The predicted octanol–water partition coefficient (Wildman–Crippen LogP) is 4.21. The lowest BCUT2D eigenvalue weighted by atomic mass is 9.84.